The van der Waals surface area contributed by atoms with Crippen LogP contribution in [0, 0.1) is 12.8 Å². The van der Waals surface area contributed by atoms with Gasteiger partial charge in [0.05, 0.1) is 18.3 Å². The van der Waals surface area contributed by atoms with Crippen molar-refractivity contribution in [1.82, 2.24) is 20.1 Å². The molecule has 4 rings (SSSR count). The van der Waals surface area contributed by atoms with Gasteiger partial charge in [-0.1, -0.05) is 19.1 Å². The smallest absolute Gasteiger partial charge is 0.325 e. The molecule has 32 heavy (non-hydrogen) atoms. The zero-order chi connectivity index (χ0) is 22.7. The predicted octanol–water partition coefficient (Wildman–Crippen LogP) is 3.62. The molecule has 0 radical (unpaired) electrons. The zero-order valence-corrected chi connectivity index (χ0v) is 19.9. The minimum absolute atomic E-state index is 0.0570. The molecule has 1 N–H and O–H groups in total. The van der Waals surface area contributed by atoms with Crippen LogP contribution in [-0.2, 0) is 17.8 Å². The minimum Gasteiger partial charge on any atom is -0.497 e. The van der Waals surface area contributed by atoms with Gasteiger partial charge in [-0.05, 0) is 62.9 Å². The van der Waals surface area contributed by atoms with Crippen LogP contribution in [0.15, 0.2) is 29.8 Å². The van der Waals surface area contributed by atoms with Crippen LogP contribution >= 0.6 is 11.3 Å². The molecule has 3 amide bonds. The van der Waals surface area contributed by atoms with Crippen LogP contribution in [0.3, 0.4) is 0 Å². The summed E-state index contributed by atoms with van der Waals surface area (Å²) in [6.45, 7) is 7.07. The Kier molecular flexibility index (Phi) is 6.81. The van der Waals surface area contributed by atoms with Gasteiger partial charge in [-0.3, -0.25) is 14.6 Å². The van der Waals surface area contributed by atoms with Crippen molar-refractivity contribution in [2.75, 3.05) is 26.7 Å². The molecule has 3 heterocycles. The topological polar surface area (TPSA) is 74.8 Å². The molecule has 0 bridgehead atoms. The average molecular weight is 457 g/mol. The average Bonchev–Trinajstić information content (AvgIpc) is 3.33. The first-order valence-corrected chi connectivity index (χ1v) is 12.2. The molecule has 8 heteroatoms. The third-order valence-electron chi connectivity index (χ3n) is 6.99. The molecule has 1 aromatic heterocycles. The van der Waals surface area contributed by atoms with Crippen molar-refractivity contribution in [3.63, 3.8) is 0 Å². The van der Waals surface area contributed by atoms with Crippen molar-refractivity contribution < 1.29 is 14.3 Å². The highest BCUT2D eigenvalue weighted by atomic mass is 32.1. The normalized spacial score (nSPS) is 22.4. The van der Waals surface area contributed by atoms with Crippen LogP contribution < -0.4 is 10.1 Å². The molecule has 0 saturated carbocycles. The van der Waals surface area contributed by atoms with E-state index in [1.807, 2.05) is 31.5 Å². The van der Waals surface area contributed by atoms with Crippen LogP contribution in [-0.4, -0.2) is 59.0 Å². The van der Waals surface area contributed by atoms with E-state index in [1.165, 1.54) is 10.5 Å². The van der Waals surface area contributed by atoms with E-state index >= 15 is 0 Å². The first-order valence-electron chi connectivity index (χ1n) is 11.3. The van der Waals surface area contributed by atoms with Crippen LogP contribution in [0.2, 0.25) is 0 Å². The third kappa shape index (κ3) is 4.38. The number of carbonyl (C=O) groups excluding carboxylic acids is 2. The molecule has 7 nitrogen and oxygen atoms in total. The highest BCUT2D eigenvalue weighted by Gasteiger charge is 2.54. The van der Waals surface area contributed by atoms with Gasteiger partial charge in [0.25, 0.3) is 5.91 Å². The van der Waals surface area contributed by atoms with E-state index in [0.29, 0.717) is 19.4 Å². The maximum absolute atomic E-state index is 13.5. The van der Waals surface area contributed by atoms with Crippen molar-refractivity contribution in [2.45, 2.75) is 51.6 Å². The Morgan fingerprint density at radius 3 is 2.72 bits per heavy atom. The van der Waals surface area contributed by atoms with E-state index in [4.69, 9.17) is 4.74 Å². The summed E-state index contributed by atoms with van der Waals surface area (Å²) in [6.07, 6.45) is 3.07. The van der Waals surface area contributed by atoms with Crippen LogP contribution in [0.25, 0.3) is 0 Å². The molecule has 2 aliphatic heterocycles. The fourth-order valence-electron chi connectivity index (χ4n) is 5.05. The summed E-state index contributed by atoms with van der Waals surface area (Å²) in [7, 11) is 1.68. The van der Waals surface area contributed by atoms with Crippen molar-refractivity contribution in [3.05, 3.63) is 45.9 Å². The summed E-state index contributed by atoms with van der Waals surface area (Å²) in [4.78, 5) is 35.5. The number of piperidine rings is 1. The Morgan fingerprint density at radius 1 is 1.28 bits per heavy atom. The first kappa shape index (κ1) is 22.7. The number of nitrogens with one attached hydrogen (secondary N) is 1. The van der Waals surface area contributed by atoms with E-state index in [0.717, 1.165) is 48.8 Å². The maximum Gasteiger partial charge on any atom is 0.325 e. The fraction of sp³-hybridized carbons (Fsp3) is 0.542. The summed E-state index contributed by atoms with van der Waals surface area (Å²) in [5, 5.41) is 3.10. The number of likely N-dealkylation sites (tertiary alicyclic amines) is 1. The van der Waals surface area contributed by atoms with E-state index < -0.39 is 5.54 Å². The lowest BCUT2D eigenvalue weighted by Gasteiger charge is -2.40. The molecular weight excluding hydrogens is 424 g/mol. The second-order valence-electron chi connectivity index (χ2n) is 8.72. The fourth-order valence-corrected chi connectivity index (χ4v) is 5.82. The summed E-state index contributed by atoms with van der Waals surface area (Å²) >= 11 is 1.58. The highest BCUT2D eigenvalue weighted by molar-refractivity contribution is 7.09. The van der Waals surface area contributed by atoms with E-state index in [-0.39, 0.29) is 17.9 Å². The van der Waals surface area contributed by atoms with Gasteiger partial charge in [-0.25, -0.2) is 9.78 Å². The summed E-state index contributed by atoms with van der Waals surface area (Å²) in [5.41, 5.74) is 3.24. The maximum atomic E-state index is 13.5. The monoisotopic (exact) mass is 456 g/mol. The molecule has 0 aliphatic carbocycles. The van der Waals surface area contributed by atoms with E-state index in [9.17, 15) is 9.59 Å². The summed E-state index contributed by atoms with van der Waals surface area (Å²) in [6, 6.07) is 7.91. The first-order chi connectivity index (χ1) is 15.5. The number of hydrogen-bond acceptors (Lipinski definition) is 6. The number of urea groups is 1. The van der Waals surface area contributed by atoms with Crippen molar-refractivity contribution in [3.8, 4) is 5.75 Å². The Bertz CT molecular complexity index is 970. The number of methoxy groups -OCH3 is 1. The summed E-state index contributed by atoms with van der Waals surface area (Å²) in [5.74, 6) is 0.967. The number of nitrogens with zero attached hydrogens (tertiary/aromatic N) is 3. The van der Waals surface area contributed by atoms with Gasteiger partial charge < -0.3 is 10.1 Å². The quantitative estimate of drug-likeness (QED) is 0.614. The molecule has 2 aliphatic rings. The molecule has 2 saturated heterocycles. The van der Waals surface area contributed by atoms with Gasteiger partial charge in [-0.2, -0.15) is 0 Å². The van der Waals surface area contributed by atoms with Gasteiger partial charge in [-0.15, -0.1) is 11.3 Å². The number of aryl methyl sites for hydroxylation is 1. The van der Waals surface area contributed by atoms with Gasteiger partial charge in [0.15, 0.2) is 0 Å². The number of aromatic nitrogens is 1. The lowest BCUT2D eigenvalue weighted by molar-refractivity contribution is -0.134. The Balaban J connectivity index is 1.38. The number of benzene rings is 1. The second kappa shape index (κ2) is 9.58. The minimum atomic E-state index is -0.776. The number of hydrogen-bond donors (Lipinski definition) is 1. The van der Waals surface area contributed by atoms with Gasteiger partial charge in [0.2, 0.25) is 0 Å². The van der Waals surface area contributed by atoms with Crippen molar-refractivity contribution in [1.29, 1.82) is 0 Å². The lowest BCUT2D eigenvalue weighted by Crippen LogP contribution is -2.55. The number of ether oxygens (including phenoxy) is 1. The van der Waals surface area contributed by atoms with Crippen LogP contribution in [0.5, 0.6) is 5.75 Å². The number of carbonyl (C=O) groups is 2. The molecule has 1 aromatic carbocycles. The Labute approximate surface area is 193 Å². The standard InChI is InChI=1S/C24H32N4O3S/c1-4-24(22(29)28(23(30)26-24)13-10-21-17(2)25-16-32-21)19-8-11-27(12-9-19)15-18-6-5-7-20(14-18)31-3/h5-7,14,16,19H,4,8-13,15H2,1-3H3,(H,26,30)/t24-/m1/s1. The second-order valence-corrected chi connectivity index (χ2v) is 9.66. The number of amides is 3. The molecule has 2 fully saturated rings. The summed E-state index contributed by atoms with van der Waals surface area (Å²) < 4.78 is 5.33. The van der Waals surface area contributed by atoms with E-state index in [1.54, 1.807) is 18.4 Å². The Morgan fingerprint density at radius 2 is 2.06 bits per heavy atom. The zero-order valence-electron chi connectivity index (χ0n) is 19.1. The molecular formula is C24H32N4O3S. The van der Waals surface area contributed by atoms with Crippen molar-refractivity contribution in [2.24, 2.45) is 5.92 Å². The van der Waals surface area contributed by atoms with Gasteiger partial charge >= 0.3 is 6.03 Å². The molecule has 172 valence electrons. The number of rotatable bonds is 8. The highest BCUT2D eigenvalue weighted by Crippen LogP contribution is 2.36. The van der Waals surface area contributed by atoms with E-state index in [2.05, 4.69) is 27.3 Å². The lowest BCUT2D eigenvalue weighted by atomic mass is 9.75. The molecule has 1 atom stereocenters. The van der Waals surface area contributed by atoms with Gasteiger partial charge in [0.1, 0.15) is 11.3 Å². The predicted molar refractivity (Wildman–Crippen MR) is 125 cm³/mol. The largest absolute Gasteiger partial charge is 0.497 e. The van der Waals surface area contributed by atoms with Crippen LogP contribution in [0.4, 0.5) is 4.79 Å². The SMILES string of the molecule is CC[C@]1(C2CCN(Cc3cccc(OC)c3)CC2)NC(=O)N(CCc2scnc2C)C1=O. The van der Waals surface area contributed by atoms with Gasteiger partial charge in [0, 0.05) is 24.4 Å². The third-order valence-corrected chi connectivity index (χ3v) is 7.99. The number of imide groups is 1. The molecule has 0 spiro atoms. The Hall–Kier alpha value is -2.45. The molecule has 0 unspecified atom stereocenters. The number of thiazole rings is 1. The van der Waals surface area contributed by atoms with Crippen LogP contribution in [0.1, 0.15) is 42.3 Å². The van der Waals surface area contributed by atoms with Crippen molar-refractivity contribution >= 4 is 23.3 Å². The molecule has 2 aromatic rings.